The zero-order valence-electron chi connectivity index (χ0n) is 6.63. The van der Waals surface area contributed by atoms with Crippen molar-refractivity contribution in [2.75, 3.05) is 18.6 Å². The Labute approximate surface area is 84.6 Å². The van der Waals surface area contributed by atoms with Gasteiger partial charge in [-0.3, -0.25) is 8.52 Å². The topological polar surface area (TPSA) is 46.1 Å². The number of fused-ring (bicyclic) bond motifs is 1. The molecular weight excluding hydrogens is 267 g/mol. The molecule has 0 aliphatic carbocycles. The number of aromatic amines is 1. The SMILES string of the molecule is CN1CN(I)C(=N)c2c[nH]cc21. The third-order valence-electron chi connectivity index (χ3n) is 1.97. The van der Waals surface area contributed by atoms with E-state index in [1.165, 1.54) is 0 Å². The Hall–Kier alpha value is -0.720. The summed E-state index contributed by atoms with van der Waals surface area (Å²) in [6, 6.07) is 0. The maximum Gasteiger partial charge on any atom is 0.142 e. The van der Waals surface area contributed by atoms with Crippen molar-refractivity contribution >= 4 is 34.4 Å². The molecular formula is C7H9IN4. The Morgan fingerprint density at radius 2 is 2.33 bits per heavy atom. The average Bonchev–Trinajstić information content (AvgIpc) is 2.48. The van der Waals surface area contributed by atoms with Crippen LogP contribution in [0, 0.1) is 5.41 Å². The quantitative estimate of drug-likeness (QED) is 0.556. The summed E-state index contributed by atoms with van der Waals surface area (Å²) < 4.78 is 1.88. The molecule has 0 aromatic carbocycles. The number of H-pyrrole nitrogens is 1. The second-order valence-corrected chi connectivity index (χ2v) is 3.97. The van der Waals surface area contributed by atoms with E-state index >= 15 is 0 Å². The predicted molar refractivity (Wildman–Crippen MR) is 56.8 cm³/mol. The Morgan fingerprint density at radius 3 is 3.08 bits per heavy atom. The van der Waals surface area contributed by atoms with Crippen LogP contribution in [0.1, 0.15) is 5.56 Å². The van der Waals surface area contributed by atoms with Gasteiger partial charge in [-0.2, -0.15) is 0 Å². The van der Waals surface area contributed by atoms with E-state index in [0.29, 0.717) is 5.84 Å². The Kier molecular flexibility index (Phi) is 1.75. The first-order valence-electron chi connectivity index (χ1n) is 3.60. The van der Waals surface area contributed by atoms with Crippen LogP contribution >= 0.6 is 22.9 Å². The van der Waals surface area contributed by atoms with Crippen molar-refractivity contribution in [1.82, 2.24) is 8.10 Å². The van der Waals surface area contributed by atoms with Gasteiger partial charge in [0.25, 0.3) is 0 Å². The number of nitrogens with one attached hydrogen (secondary N) is 2. The molecule has 12 heavy (non-hydrogen) atoms. The second kappa shape index (κ2) is 2.65. The van der Waals surface area contributed by atoms with Crippen LogP contribution in [-0.2, 0) is 0 Å². The van der Waals surface area contributed by atoms with E-state index in [1.807, 2.05) is 22.6 Å². The number of hydrogen-bond acceptors (Lipinski definition) is 2. The summed E-state index contributed by atoms with van der Waals surface area (Å²) in [5, 5.41) is 7.75. The predicted octanol–water partition coefficient (Wildman–Crippen LogP) is 1.40. The molecule has 0 saturated heterocycles. The van der Waals surface area contributed by atoms with Crippen LogP contribution in [0.4, 0.5) is 5.69 Å². The molecule has 1 aliphatic heterocycles. The van der Waals surface area contributed by atoms with Crippen LogP contribution in [0.25, 0.3) is 0 Å². The Morgan fingerprint density at radius 1 is 1.58 bits per heavy atom. The number of anilines is 1. The Balaban J connectivity index is 2.50. The van der Waals surface area contributed by atoms with Gasteiger partial charge in [0.2, 0.25) is 0 Å². The smallest absolute Gasteiger partial charge is 0.142 e. The van der Waals surface area contributed by atoms with Crippen LogP contribution in [0.3, 0.4) is 0 Å². The minimum absolute atomic E-state index is 0.574. The van der Waals surface area contributed by atoms with E-state index in [1.54, 1.807) is 0 Å². The summed E-state index contributed by atoms with van der Waals surface area (Å²) >= 11 is 2.15. The van der Waals surface area contributed by atoms with E-state index in [9.17, 15) is 0 Å². The van der Waals surface area contributed by atoms with Crippen LogP contribution in [0.5, 0.6) is 0 Å². The first-order valence-corrected chi connectivity index (χ1v) is 4.57. The summed E-state index contributed by atoms with van der Waals surface area (Å²) in [6.45, 7) is 0.768. The summed E-state index contributed by atoms with van der Waals surface area (Å²) in [5.41, 5.74) is 2.08. The van der Waals surface area contributed by atoms with E-state index in [-0.39, 0.29) is 0 Å². The molecule has 1 aromatic heterocycles. The molecule has 1 aliphatic rings. The van der Waals surface area contributed by atoms with Gasteiger partial charge in [-0.25, -0.2) is 0 Å². The lowest BCUT2D eigenvalue weighted by Crippen LogP contribution is -2.38. The summed E-state index contributed by atoms with van der Waals surface area (Å²) in [6.07, 6.45) is 3.78. The number of aromatic nitrogens is 1. The molecule has 0 amide bonds. The molecule has 64 valence electrons. The largest absolute Gasteiger partial charge is 0.365 e. The van der Waals surface area contributed by atoms with Gasteiger partial charge in [-0.05, 0) is 0 Å². The van der Waals surface area contributed by atoms with E-state index < -0.39 is 0 Å². The molecule has 0 atom stereocenters. The van der Waals surface area contributed by atoms with E-state index in [4.69, 9.17) is 5.41 Å². The van der Waals surface area contributed by atoms with Crippen LogP contribution in [-0.4, -0.2) is 27.6 Å². The van der Waals surface area contributed by atoms with Crippen LogP contribution in [0.15, 0.2) is 12.4 Å². The first kappa shape index (κ1) is 7.90. The highest BCUT2D eigenvalue weighted by molar-refractivity contribution is 14.1. The standard InChI is InChI=1S/C7H9IN4/c1-11-4-12(8)7(9)5-2-10-3-6(5)11/h2-3,9-10H,4H2,1H3. The van der Waals surface area contributed by atoms with Crippen molar-refractivity contribution in [2.24, 2.45) is 0 Å². The second-order valence-electron chi connectivity index (χ2n) is 2.80. The van der Waals surface area contributed by atoms with Gasteiger partial charge in [0.15, 0.2) is 0 Å². The zero-order chi connectivity index (χ0) is 8.72. The van der Waals surface area contributed by atoms with Gasteiger partial charge in [0.1, 0.15) is 12.5 Å². The number of nitrogens with zero attached hydrogens (tertiary/aromatic N) is 2. The first-order chi connectivity index (χ1) is 5.70. The number of amidine groups is 1. The van der Waals surface area contributed by atoms with Crippen molar-refractivity contribution in [1.29, 1.82) is 5.41 Å². The fourth-order valence-electron chi connectivity index (χ4n) is 1.32. The minimum Gasteiger partial charge on any atom is -0.365 e. The summed E-state index contributed by atoms with van der Waals surface area (Å²) in [7, 11) is 2.02. The van der Waals surface area contributed by atoms with Crippen molar-refractivity contribution < 1.29 is 0 Å². The van der Waals surface area contributed by atoms with Gasteiger partial charge in [-0.1, -0.05) is 0 Å². The van der Waals surface area contributed by atoms with Gasteiger partial charge >= 0.3 is 0 Å². The molecule has 0 spiro atoms. The molecule has 5 heteroatoms. The normalized spacial score (nSPS) is 16.7. The minimum atomic E-state index is 0.574. The Bertz CT molecular complexity index is 319. The van der Waals surface area contributed by atoms with Gasteiger partial charge in [0.05, 0.1) is 34.1 Å². The molecule has 0 radical (unpaired) electrons. The molecule has 1 aromatic rings. The lowest BCUT2D eigenvalue weighted by molar-refractivity contribution is 0.676. The average molecular weight is 276 g/mol. The van der Waals surface area contributed by atoms with Crippen molar-refractivity contribution in [3.8, 4) is 0 Å². The van der Waals surface area contributed by atoms with E-state index in [2.05, 4.69) is 32.7 Å². The number of rotatable bonds is 0. The highest BCUT2D eigenvalue weighted by atomic mass is 127. The third kappa shape index (κ3) is 0.996. The molecule has 0 fully saturated rings. The summed E-state index contributed by atoms with van der Waals surface area (Å²) in [4.78, 5) is 5.12. The molecule has 0 unspecified atom stereocenters. The van der Waals surface area contributed by atoms with Crippen LogP contribution in [0.2, 0.25) is 0 Å². The highest BCUT2D eigenvalue weighted by Crippen LogP contribution is 2.26. The lowest BCUT2D eigenvalue weighted by Gasteiger charge is -2.31. The lowest BCUT2D eigenvalue weighted by atomic mass is 10.2. The maximum atomic E-state index is 7.75. The monoisotopic (exact) mass is 276 g/mol. The fourth-order valence-corrected chi connectivity index (χ4v) is 2.04. The molecule has 2 rings (SSSR count). The summed E-state index contributed by atoms with van der Waals surface area (Å²) in [5.74, 6) is 0.574. The molecule has 2 heterocycles. The molecule has 0 bridgehead atoms. The number of hydrogen-bond donors (Lipinski definition) is 2. The van der Waals surface area contributed by atoms with Crippen molar-refractivity contribution in [3.63, 3.8) is 0 Å². The molecule has 4 nitrogen and oxygen atoms in total. The maximum absolute atomic E-state index is 7.75. The van der Waals surface area contributed by atoms with Crippen molar-refractivity contribution in [3.05, 3.63) is 18.0 Å². The van der Waals surface area contributed by atoms with E-state index in [0.717, 1.165) is 17.9 Å². The third-order valence-corrected chi connectivity index (χ3v) is 2.76. The molecule has 2 N–H and O–H groups in total. The van der Waals surface area contributed by atoms with Crippen LogP contribution < -0.4 is 4.90 Å². The van der Waals surface area contributed by atoms with Crippen molar-refractivity contribution in [2.45, 2.75) is 0 Å². The van der Waals surface area contributed by atoms with Gasteiger partial charge < -0.3 is 9.88 Å². The molecule has 0 saturated carbocycles. The van der Waals surface area contributed by atoms with Gasteiger partial charge in [-0.15, -0.1) is 0 Å². The highest BCUT2D eigenvalue weighted by Gasteiger charge is 2.23. The van der Waals surface area contributed by atoms with Gasteiger partial charge in [0, 0.05) is 19.4 Å². The number of halogens is 1. The zero-order valence-corrected chi connectivity index (χ0v) is 8.79. The fraction of sp³-hybridized carbons (Fsp3) is 0.286.